The molecule has 1 aliphatic rings. The third-order valence-electron chi connectivity index (χ3n) is 3.69. The molecule has 0 aromatic heterocycles. The number of aliphatic hydroxyl groups excluding tert-OH is 2. The molecule has 1 fully saturated rings. The third kappa shape index (κ3) is 3.69. The summed E-state index contributed by atoms with van der Waals surface area (Å²) in [5, 5.41) is 22.9. The summed E-state index contributed by atoms with van der Waals surface area (Å²) in [6, 6.07) is 7.26. The van der Waals surface area contributed by atoms with Gasteiger partial charge in [0.2, 0.25) is 0 Å². The van der Waals surface area contributed by atoms with Crippen molar-refractivity contribution >= 4 is 11.6 Å². The van der Waals surface area contributed by atoms with E-state index in [-0.39, 0.29) is 12.0 Å². The molecule has 0 saturated heterocycles. The van der Waals surface area contributed by atoms with E-state index in [9.17, 15) is 5.11 Å². The summed E-state index contributed by atoms with van der Waals surface area (Å²) in [6.07, 6.45) is 2.71. The van der Waals surface area contributed by atoms with Crippen LogP contribution in [0.15, 0.2) is 24.3 Å². The maximum Gasteiger partial charge on any atom is 0.0914 e. The highest BCUT2D eigenvalue weighted by Crippen LogP contribution is 2.47. The van der Waals surface area contributed by atoms with E-state index in [2.05, 4.69) is 5.32 Å². The van der Waals surface area contributed by atoms with Crippen molar-refractivity contribution in [2.75, 3.05) is 19.7 Å². The minimum absolute atomic E-state index is 0.251. The van der Waals surface area contributed by atoms with Gasteiger partial charge in [0, 0.05) is 24.7 Å². The quantitative estimate of drug-likeness (QED) is 0.711. The number of hydrogen-bond acceptors (Lipinski definition) is 3. The predicted octanol–water partition coefficient (Wildman–Crippen LogP) is 2.13. The van der Waals surface area contributed by atoms with E-state index in [1.165, 1.54) is 12.8 Å². The Hall–Kier alpha value is -0.610. The fourth-order valence-electron chi connectivity index (χ4n) is 2.21. The van der Waals surface area contributed by atoms with Crippen LogP contribution in [0.2, 0.25) is 5.02 Å². The Morgan fingerprint density at radius 2 is 1.94 bits per heavy atom. The van der Waals surface area contributed by atoms with Gasteiger partial charge >= 0.3 is 0 Å². The molecule has 100 valence electrons. The van der Waals surface area contributed by atoms with Gasteiger partial charge in [-0.05, 0) is 42.4 Å². The second kappa shape index (κ2) is 6.02. The maximum absolute atomic E-state index is 10.0. The Balaban J connectivity index is 1.75. The standard InChI is InChI=1S/C14H20ClNO2/c15-12-3-1-11(2-4-12)13(18)9-16-10-14(5-6-14)7-8-17/h1-4,13,16-18H,5-10H2. The fourth-order valence-corrected chi connectivity index (χ4v) is 2.33. The number of rotatable bonds is 7. The van der Waals surface area contributed by atoms with Crippen LogP contribution in [0.5, 0.6) is 0 Å². The Labute approximate surface area is 113 Å². The van der Waals surface area contributed by atoms with Crippen molar-refractivity contribution in [3.63, 3.8) is 0 Å². The van der Waals surface area contributed by atoms with Crippen LogP contribution in [0.1, 0.15) is 30.9 Å². The number of benzene rings is 1. The van der Waals surface area contributed by atoms with E-state index in [1.807, 2.05) is 12.1 Å². The number of hydrogen-bond donors (Lipinski definition) is 3. The highest BCUT2D eigenvalue weighted by atomic mass is 35.5. The molecule has 1 atom stereocenters. The van der Waals surface area contributed by atoms with Crippen molar-refractivity contribution in [3.8, 4) is 0 Å². The van der Waals surface area contributed by atoms with Crippen molar-refractivity contribution in [2.24, 2.45) is 5.41 Å². The van der Waals surface area contributed by atoms with Crippen molar-refractivity contribution in [2.45, 2.75) is 25.4 Å². The smallest absolute Gasteiger partial charge is 0.0914 e. The minimum Gasteiger partial charge on any atom is -0.396 e. The normalized spacial score (nSPS) is 18.6. The van der Waals surface area contributed by atoms with Crippen LogP contribution in [-0.2, 0) is 0 Å². The topological polar surface area (TPSA) is 52.5 Å². The summed E-state index contributed by atoms with van der Waals surface area (Å²) < 4.78 is 0. The lowest BCUT2D eigenvalue weighted by Gasteiger charge is -2.17. The number of aliphatic hydroxyl groups is 2. The zero-order valence-electron chi connectivity index (χ0n) is 10.4. The summed E-state index contributed by atoms with van der Waals surface area (Å²) in [6.45, 7) is 1.66. The highest BCUT2D eigenvalue weighted by Gasteiger charge is 2.41. The molecule has 1 unspecified atom stereocenters. The molecule has 0 aliphatic heterocycles. The molecule has 0 bridgehead atoms. The van der Waals surface area contributed by atoms with Crippen molar-refractivity contribution in [1.29, 1.82) is 0 Å². The monoisotopic (exact) mass is 269 g/mol. The lowest BCUT2D eigenvalue weighted by molar-refractivity contribution is 0.169. The molecular weight excluding hydrogens is 250 g/mol. The summed E-state index contributed by atoms with van der Waals surface area (Å²) in [5.74, 6) is 0. The molecule has 1 aliphatic carbocycles. The van der Waals surface area contributed by atoms with Gasteiger partial charge in [0.15, 0.2) is 0 Å². The van der Waals surface area contributed by atoms with E-state index >= 15 is 0 Å². The summed E-state index contributed by atoms with van der Waals surface area (Å²) in [7, 11) is 0. The Morgan fingerprint density at radius 1 is 1.28 bits per heavy atom. The van der Waals surface area contributed by atoms with Crippen LogP contribution in [-0.4, -0.2) is 29.9 Å². The Morgan fingerprint density at radius 3 is 2.50 bits per heavy atom. The predicted molar refractivity (Wildman–Crippen MR) is 72.7 cm³/mol. The average molecular weight is 270 g/mol. The average Bonchev–Trinajstić information content (AvgIpc) is 3.10. The van der Waals surface area contributed by atoms with Crippen molar-refractivity contribution < 1.29 is 10.2 Å². The molecule has 0 amide bonds. The molecular formula is C14H20ClNO2. The lowest BCUT2D eigenvalue weighted by Crippen LogP contribution is -2.28. The third-order valence-corrected chi connectivity index (χ3v) is 3.94. The van der Waals surface area contributed by atoms with Crippen LogP contribution in [0.25, 0.3) is 0 Å². The van der Waals surface area contributed by atoms with Crippen LogP contribution < -0.4 is 5.32 Å². The van der Waals surface area contributed by atoms with Gasteiger partial charge in [0.1, 0.15) is 0 Å². The first-order valence-electron chi connectivity index (χ1n) is 6.40. The molecule has 1 saturated carbocycles. The lowest BCUT2D eigenvalue weighted by atomic mass is 10.0. The molecule has 0 heterocycles. The number of nitrogens with one attached hydrogen (secondary N) is 1. The van der Waals surface area contributed by atoms with Gasteiger partial charge in [-0.2, -0.15) is 0 Å². The van der Waals surface area contributed by atoms with Gasteiger partial charge in [-0.25, -0.2) is 0 Å². The van der Waals surface area contributed by atoms with Gasteiger partial charge in [-0.15, -0.1) is 0 Å². The van der Waals surface area contributed by atoms with Crippen LogP contribution in [0, 0.1) is 5.41 Å². The summed E-state index contributed by atoms with van der Waals surface area (Å²) >= 11 is 5.80. The van der Waals surface area contributed by atoms with Crippen molar-refractivity contribution in [3.05, 3.63) is 34.9 Å². The van der Waals surface area contributed by atoms with Gasteiger partial charge in [-0.3, -0.25) is 0 Å². The maximum atomic E-state index is 10.0. The van der Waals surface area contributed by atoms with E-state index < -0.39 is 6.10 Å². The van der Waals surface area contributed by atoms with Gasteiger partial charge in [0.05, 0.1) is 6.10 Å². The van der Waals surface area contributed by atoms with Crippen LogP contribution in [0.4, 0.5) is 0 Å². The molecule has 1 aromatic carbocycles. The first-order valence-corrected chi connectivity index (χ1v) is 6.78. The minimum atomic E-state index is -0.507. The molecule has 3 N–H and O–H groups in total. The second-order valence-corrected chi connectivity index (χ2v) is 5.61. The zero-order chi connectivity index (χ0) is 13.0. The molecule has 4 heteroatoms. The molecule has 18 heavy (non-hydrogen) atoms. The molecule has 0 spiro atoms. The molecule has 0 radical (unpaired) electrons. The largest absolute Gasteiger partial charge is 0.396 e. The van der Waals surface area contributed by atoms with Gasteiger partial charge in [0.25, 0.3) is 0 Å². The van der Waals surface area contributed by atoms with Crippen molar-refractivity contribution in [1.82, 2.24) is 5.32 Å². The van der Waals surface area contributed by atoms with Gasteiger partial charge < -0.3 is 15.5 Å². The summed E-state index contributed by atoms with van der Waals surface area (Å²) in [4.78, 5) is 0. The zero-order valence-corrected chi connectivity index (χ0v) is 11.2. The van der Waals surface area contributed by atoms with E-state index in [0.717, 1.165) is 18.5 Å². The van der Waals surface area contributed by atoms with Crippen LogP contribution in [0.3, 0.4) is 0 Å². The number of halogens is 1. The first kappa shape index (κ1) is 13.8. The SMILES string of the molecule is OCCC1(CNCC(O)c2ccc(Cl)cc2)CC1. The van der Waals surface area contributed by atoms with Crippen LogP contribution >= 0.6 is 11.6 Å². The van der Waals surface area contributed by atoms with E-state index in [1.54, 1.807) is 12.1 Å². The molecule has 2 rings (SSSR count). The second-order valence-electron chi connectivity index (χ2n) is 5.17. The summed E-state index contributed by atoms with van der Waals surface area (Å²) in [5.41, 5.74) is 1.16. The van der Waals surface area contributed by atoms with E-state index in [4.69, 9.17) is 16.7 Å². The fraction of sp³-hybridized carbons (Fsp3) is 0.571. The first-order chi connectivity index (χ1) is 8.65. The highest BCUT2D eigenvalue weighted by molar-refractivity contribution is 6.30. The van der Waals surface area contributed by atoms with E-state index in [0.29, 0.717) is 11.6 Å². The Kier molecular flexibility index (Phi) is 4.62. The molecule has 1 aromatic rings. The molecule has 3 nitrogen and oxygen atoms in total. The Bertz CT molecular complexity index is 376. The van der Waals surface area contributed by atoms with Gasteiger partial charge in [-0.1, -0.05) is 23.7 Å².